The molecule has 0 bridgehead atoms. The highest BCUT2D eigenvalue weighted by Gasteiger charge is 2.14. The number of halogens is 1. The lowest BCUT2D eigenvalue weighted by atomic mass is 10.1. The Kier molecular flexibility index (Phi) is 3.48. The second-order valence-corrected chi connectivity index (χ2v) is 5.15. The lowest BCUT2D eigenvalue weighted by Crippen LogP contribution is -2.23. The second kappa shape index (κ2) is 5.31. The number of fused-ring (bicyclic) bond motifs is 1. The van der Waals surface area contributed by atoms with Gasteiger partial charge in [-0.3, -0.25) is 14.0 Å². The Morgan fingerprint density at radius 3 is 2.90 bits per heavy atom. The van der Waals surface area contributed by atoms with Crippen LogP contribution in [0.1, 0.15) is 11.7 Å². The normalized spacial score (nSPS) is 12.7. The Morgan fingerprint density at radius 1 is 1.38 bits per heavy atom. The zero-order chi connectivity index (χ0) is 15.0. The molecule has 3 aromatic rings. The summed E-state index contributed by atoms with van der Waals surface area (Å²) in [7, 11) is 1.72. The maximum atomic E-state index is 12.3. The van der Waals surface area contributed by atoms with Crippen LogP contribution in [0.2, 0.25) is 5.02 Å². The lowest BCUT2D eigenvalue weighted by Gasteiger charge is -2.14. The largest absolute Gasteiger partial charge is 0.386 e. The van der Waals surface area contributed by atoms with E-state index in [-0.39, 0.29) is 12.1 Å². The van der Waals surface area contributed by atoms with Crippen molar-refractivity contribution < 1.29 is 5.11 Å². The summed E-state index contributed by atoms with van der Waals surface area (Å²) in [6.45, 7) is 0.0837. The average molecular weight is 305 g/mol. The molecule has 0 spiro atoms. The zero-order valence-electron chi connectivity index (χ0n) is 11.3. The van der Waals surface area contributed by atoms with Crippen molar-refractivity contribution in [2.75, 3.05) is 0 Å². The molecule has 21 heavy (non-hydrogen) atoms. The van der Waals surface area contributed by atoms with Gasteiger partial charge in [-0.2, -0.15) is 5.10 Å². The second-order valence-electron chi connectivity index (χ2n) is 4.74. The molecule has 3 rings (SSSR count). The zero-order valence-corrected chi connectivity index (χ0v) is 12.0. The SMILES string of the molecule is Cn1ncc2c(=O)n(C[C@H](O)c3ccccc3Cl)cnc21. The number of benzene rings is 1. The van der Waals surface area contributed by atoms with Gasteiger partial charge in [0.15, 0.2) is 5.65 Å². The standard InChI is InChI=1S/C14H13ClN4O2/c1-18-13-10(6-17-18)14(21)19(8-16-13)7-12(20)9-4-2-3-5-11(9)15/h2-6,8,12,20H,7H2,1H3/t12-/m0/s1. The molecule has 0 unspecified atom stereocenters. The molecule has 2 aromatic heterocycles. The van der Waals surface area contributed by atoms with Gasteiger partial charge in [0.05, 0.1) is 18.8 Å². The van der Waals surface area contributed by atoms with Gasteiger partial charge >= 0.3 is 0 Å². The predicted octanol–water partition coefficient (Wildman–Crippen LogP) is 1.52. The quantitative estimate of drug-likeness (QED) is 0.796. The van der Waals surface area contributed by atoms with Gasteiger partial charge in [-0.25, -0.2) is 4.98 Å². The molecule has 0 aliphatic carbocycles. The molecule has 1 atom stereocenters. The Hall–Kier alpha value is -2.18. The number of aliphatic hydroxyl groups is 1. The van der Waals surface area contributed by atoms with Crippen molar-refractivity contribution in [3.05, 3.63) is 57.7 Å². The topological polar surface area (TPSA) is 72.9 Å². The van der Waals surface area contributed by atoms with Crippen molar-refractivity contribution in [3.63, 3.8) is 0 Å². The molecule has 1 aromatic carbocycles. The number of hydrogen-bond donors (Lipinski definition) is 1. The van der Waals surface area contributed by atoms with E-state index in [0.29, 0.717) is 21.6 Å². The van der Waals surface area contributed by atoms with Gasteiger partial charge < -0.3 is 5.11 Å². The van der Waals surface area contributed by atoms with Crippen molar-refractivity contribution in [3.8, 4) is 0 Å². The van der Waals surface area contributed by atoms with Crippen LogP contribution < -0.4 is 5.56 Å². The van der Waals surface area contributed by atoms with Crippen LogP contribution >= 0.6 is 11.6 Å². The smallest absolute Gasteiger partial charge is 0.264 e. The minimum absolute atomic E-state index is 0.0837. The van der Waals surface area contributed by atoms with Crippen LogP contribution in [0.5, 0.6) is 0 Å². The summed E-state index contributed by atoms with van der Waals surface area (Å²) in [6.07, 6.45) is 2.00. The van der Waals surface area contributed by atoms with Crippen LogP contribution in [0.15, 0.2) is 41.6 Å². The van der Waals surface area contributed by atoms with Crippen LogP contribution in [-0.4, -0.2) is 24.4 Å². The monoisotopic (exact) mass is 304 g/mol. The summed E-state index contributed by atoms with van der Waals surface area (Å²) in [6, 6.07) is 7.00. The molecule has 108 valence electrons. The highest BCUT2D eigenvalue weighted by molar-refractivity contribution is 6.31. The van der Waals surface area contributed by atoms with E-state index in [1.807, 2.05) is 0 Å². The van der Waals surface area contributed by atoms with E-state index in [0.717, 1.165) is 0 Å². The molecule has 0 saturated heterocycles. The molecule has 0 aliphatic heterocycles. The first kappa shape index (κ1) is 13.8. The van der Waals surface area contributed by atoms with Crippen LogP contribution in [0, 0.1) is 0 Å². The van der Waals surface area contributed by atoms with E-state index in [2.05, 4.69) is 10.1 Å². The van der Waals surface area contributed by atoms with Gasteiger partial charge in [-0.15, -0.1) is 0 Å². The Labute approximate surface area is 125 Å². The fourth-order valence-corrected chi connectivity index (χ4v) is 2.49. The third kappa shape index (κ3) is 2.43. The molecular weight excluding hydrogens is 292 g/mol. The van der Waals surface area contributed by atoms with Crippen LogP contribution in [-0.2, 0) is 13.6 Å². The van der Waals surface area contributed by atoms with Gasteiger partial charge in [0.25, 0.3) is 5.56 Å². The molecule has 0 radical (unpaired) electrons. The summed E-state index contributed by atoms with van der Waals surface area (Å²) in [5.74, 6) is 0. The van der Waals surface area contributed by atoms with Gasteiger partial charge in [-0.1, -0.05) is 29.8 Å². The van der Waals surface area contributed by atoms with Crippen molar-refractivity contribution in [1.82, 2.24) is 19.3 Å². The predicted molar refractivity (Wildman–Crippen MR) is 79.2 cm³/mol. The third-order valence-electron chi connectivity index (χ3n) is 3.35. The van der Waals surface area contributed by atoms with Crippen molar-refractivity contribution in [1.29, 1.82) is 0 Å². The fraction of sp³-hybridized carbons (Fsp3) is 0.214. The number of aromatic nitrogens is 4. The van der Waals surface area contributed by atoms with Crippen LogP contribution in [0.4, 0.5) is 0 Å². The van der Waals surface area contributed by atoms with Crippen molar-refractivity contribution >= 4 is 22.6 Å². The minimum atomic E-state index is -0.882. The van der Waals surface area contributed by atoms with E-state index >= 15 is 0 Å². The van der Waals surface area contributed by atoms with Crippen molar-refractivity contribution in [2.45, 2.75) is 12.6 Å². The molecule has 6 nitrogen and oxygen atoms in total. The summed E-state index contributed by atoms with van der Waals surface area (Å²) >= 11 is 6.05. The summed E-state index contributed by atoms with van der Waals surface area (Å²) in [4.78, 5) is 16.5. The Balaban J connectivity index is 1.97. The molecule has 0 amide bonds. The highest BCUT2D eigenvalue weighted by atomic mass is 35.5. The fourth-order valence-electron chi connectivity index (χ4n) is 2.23. The molecular formula is C14H13ClN4O2. The van der Waals surface area contributed by atoms with Gasteiger partial charge in [0.1, 0.15) is 11.7 Å². The average Bonchev–Trinajstić information content (AvgIpc) is 2.84. The van der Waals surface area contributed by atoms with E-state index in [4.69, 9.17) is 11.6 Å². The maximum Gasteiger partial charge on any atom is 0.264 e. The molecule has 0 saturated carbocycles. The molecule has 7 heteroatoms. The summed E-state index contributed by atoms with van der Waals surface area (Å²) < 4.78 is 2.89. The molecule has 0 fully saturated rings. The molecule has 0 aliphatic rings. The minimum Gasteiger partial charge on any atom is -0.386 e. The lowest BCUT2D eigenvalue weighted by molar-refractivity contribution is 0.155. The van der Waals surface area contributed by atoms with Crippen LogP contribution in [0.3, 0.4) is 0 Å². The van der Waals surface area contributed by atoms with Crippen LogP contribution in [0.25, 0.3) is 11.0 Å². The number of aryl methyl sites for hydroxylation is 1. The number of hydrogen-bond acceptors (Lipinski definition) is 4. The number of rotatable bonds is 3. The maximum absolute atomic E-state index is 12.3. The van der Waals surface area contributed by atoms with Gasteiger partial charge in [-0.05, 0) is 6.07 Å². The molecule has 2 heterocycles. The van der Waals surface area contributed by atoms with Crippen molar-refractivity contribution in [2.24, 2.45) is 7.05 Å². The highest BCUT2D eigenvalue weighted by Crippen LogP contribution is 2.23. The summed E-state index contributed by atoms with van der Waals surface area (Å²) in [5.41, 5.74) is 0.861. The molecule has 1 N–H and O–H groups in total. The number of aliphatic hydroxyl groups excluding tert-OH is 1. The van der Waals surface area contributed by atoms with Gasteiger partial charge in [0.2, 0.25) is 0 Å². The van der Waals surface area contributed by atoms with E-state index in [1.165, 1.54) is 21.8 Å². The Bertz CT molecular complexity index is 856. The first-order valence-electron chi connectivity index (χ1n) is 6.37. The van der Waals surface area contributed by atoms with E-state index < -0.39 is 6.10 Å². The van der Waals surface area contributed by atoms with E-state index in [9.17, 15) is 9.90 Å². The number of nitrogens with zero attached hydrogens (tertiary/aromatic N) is 4. The first-order chi connectivity index (χ1) is 10.1. The third-order valence-corrected chi connectivity index (χ3v) is 3.70. The summed E-state index contributed by atoms with van der Waals surface area (Å²) in [5, 5.41) is 15.2. The van der Waals surface area contributed by atoms with Gasteiger partial charge in [0, 0.05) is 17.6 Å². The Morgan fingerprint density at radius 2 is 2.14 bits per heavy atom. The first-order valence-corrected chi connectivity index (χ1v) is 6.75. The van der Waals surface area contributed by atoms with E-state index in [1.54, 1.807) is 31.3 Å².